The molecule has 0 aromatic carbocycles. The number of carbonyl (C=O) groups is 2. The molecule has 1 fully saturated rings. The molecular formula is C14H26N2O2. The van der Waals surface area contributed by atoms with Gasteiger partial charge in [-0.25, -0.2) is 0 Å². The summed E-state index contributed by atoms with van der Waals surface area (Å²) in [7, 11) is 0. The van der Waals surface area contributed by atoms with Gasteiger partial charge in [0.05, 0.1) is 0 Å². The predicted octanol–water partition coefficient (Wildman–Crippen LogP) is 1.94. The van der Waals surface area contributed by atoms with E-state index in [0.29, 0.717) is 13.0 Å². The number of rotatable bonds is 5. The molecule has 3 unspecified atom stereocenters. The zero-order valence-corrected chi connectivity index (χ0v) is 12.2. The number of piperazine rings is 1. The Morgan fingerprint density at radius 1 is 1.33 bits per heavy atom. The van der Waals surface area contributed by atoms with E-state index in [2.05, 4.69) is 12.2 Å². The van der Waals surface area contributed by atoms with Crippen LogP contribution in [0.3, 0.4) is 0 Å². The van der Waals surface area contributed by atoms with E-state index in [1.807, 2.05) is 27.7 Å². The van der Waals surface area contributed by atoms with Gasteiger partial charge in [0.15, 0.2) is 0 Å². The first-order chi connectivity index (χ1) is 8.41. The molecule has 0 aromatic rings. The minimum absolute atomic E-state index is 0.00162. The lowest BCUT2D eigenvalue weighted by Crippen LogP contribution is -2.70. The molecule has 4 nitrogen and oxygen atoms in total. The molecule has 4 heteroatoms. The molecule has 2 amide bonds. The Morgan fingerprint density at radius 2 is 1.94 bits per heavy atom. The summed E-state index contributed by atoms with van der Waals surface area (Å²) >= 11 is 0. The van der Waals surface area contributed by atoms with E-state index >= 15 is 0 Å². The molecule has 104 valence electrons. The summed E-state index contributed by atoms with van der Waals surface area (Å²) < 4.78 is 0. The van der Waals surface area contributed by atoms with Gasteiger partial charge in [-0.2, -0.15) is 0 Å². The third kappa shape index (κ3) is 2.52. The van der Waals surface area contributed by atoms with Crippen LogP contribution in [-0.2, 0) is 9.59 Å². The molecule has 0 saturated carbocycles. The van der Waals surface area contributed by atoms with E-state index in [1.165, 1.54) is 0 Å². The normalized spacial score (nSPS) is 30.3. The van der Waals surface area contributed by atoms with Crippen LogP contribution in [0.1, 0.15) is 53.9 Å². The number of hydrogen-bond acceptors (Lipinski definition) is 2. The first-order valence-corrected chi connectivity index (χ1v) is 7.04. The molecule has 0 aromatic heterocycles. The van der Waals surface area contributed by atoms with Gasteiger partial charge in [-0.05, 0) is 25.7 Å². The topological polar surface area (TPSA) is 49.4 Å². The maximum atomic E-state index is 12.6. The lowest BCUT2D eigenvalue weighted by Gasteiger charge is -2.46. The lowest BCUT2D eigenvalue weighted by molar-refractivity contribution is -0.156. The fourth-order valence-corrected chi connectivity index (χ4v) is 2.49. The smallest absolute Gasteiger partial charge is 0.248 e. The summed E-state index contributed by atoms with van der Waals surface area (Å²) in [5.74, 6) is 0.264. The number of hydrogen-bond donors (Lipinski definition) is 1. The van der Waals surface area contributed by atoms with Crippen molar-refractivity contribution < 1.29 is 9.59 Å². The Morgan fingerprint density at radius 3 is 2.39 bits per heavy atom. The molecule has 0 radical (unpaired) electrons. The summed E-state index contributed by atoms with van der Waals surface area (Å²) in [6, 6.07) is -0.304. The van der Waals surface area contributed by atoms with E-state index in [1.54, 1.807) is 4.90 Å². The number of nitrogens with one attached hydrogen (secondary N) is 1. The van der Waals surface area contributed by atoms with Crippen LogP contribution in [0.2, 0.25) is 0 Å². The number of nitrogens with zero attached hydrogens (tertiary/aromatic N) is 1. The molecule has 1 rings (SSSR count). The van der Waals surface area contributed by atoms with E-state index in [9.17, 15) is 9.59 Å². The standard InChI is InChI=1S/C14H26N2O2/c1-6-9-16-11(10(4)7-2)12(17)15-14(5,8-3)13(16)18/h10-11H,6-9H2,1-5H3,(H,15,17). The summed E-state index contributed by atoms with van der Waals surface area (Å²) in [6.07, 6.45) is 2.41. The van der Waals surface area contributed by atoms with Gasteiger partial charge >= 0.3 is 0 Å². The van der Waals surface area contributed by atoms with Crippen LogP contribution in [0, 0.1) is 5.92 Å². The number of carbonyl (C=O) groups excluding carboxylic acids is 2. The minimum Gasteiger partial charge on any atom is -0.340 e. The molecule has 0 aliphatic carbocycles. The molecule has 0 spiro atoms. The highest BCUT2D eigenvalue weighted by molar-refractivity contribution is 5.99. The van der Waals surface area contributed by atoms with E-state index < -0.39 is 5.54 Å². The van der Waals surface area contributed by atoms with Gasteiger partial charge in [0.2, 0.25) is 11.8 Å². The average molecular weight is 254 g/mol. The first-order valence-electron chi connectivity index (χ1n) is 7.04. The third-order valence-corrected chi connectivity index (χ3v) is 4.09. The van der Waals surface area contributed by atoms with Gasteiger partial charge in [-0.1, -0.05) is 34.1 Å². The van der Waals surface area contributed by atoms with Crippen molar-refractivity contribution in [2.24, 2.45) is 5.92 Å². The zero-order valence-electron chi connectivity index (χ0n) is 12.2. The van der Waals surface area contributed by atoms with Gasteiger partial charge in [-0.3, -0.25) is 9.59 Å². The quantitative estimate of drug-likeness (QED) is 0.815. The Hall–Kier alpha value is -1.06. The van der Waals surface area contributed by atoms with Crippen molar-refractivity contribution in [3.63, 3.8) is 0 Å². The minimum atomic E-state index is -0.726. The molecule has 1 aliphatic rings. The highest BCUT2D eigenvalue weighted by Gasteiger charge is 2.47. The van der Waals surface area contributed by atoms with Crippen LogP contribution in [-0.4, -0.2) is 34.8 Å². The monoisotopic (exact) mass is 254 g/mol. The van der Waals surface area contributed by atoms with Crippen LogP contribution in [0.4, 0.5) is 0 Å². The zero-order chi connectivity index (χ0) is 13.9. The van der Waals surface area contributed by atoms with Crippen molar-refractivity contribution in [2.45, 2.75) is 65.5 Å². The van der Waals surface area contributed by atoms with Crippen molar-refractivity contribution in [3.8, 4) is 0 Å². The van der Waals surface area contributed by atoms with Crippen LogP contribution < -0.4 is 5.32 Å². The van der Waals surface area contributed by atoms with Crippen molar-refractivity contribution >= 4 is 11.8 Å². The summed E-state index contributed by atoms with van der Waals surface area (Å²) in [6.45, 7) is 10.6. The van der Waals surface area contributed by atoms with Gasteiger partial charge < -0.3 is 10.2 Å². The second-order valence-corrected chi connectivity index (χ2v) is 5.50. The summed E-state index contributed by atoms with van der Waals surface area (Å²) in [4.78, 5) is 26.6. The molecule has 1 heterocycles. The average Bonchev–Trinajstić information content (AvgIpc) is 2.35. The Labute approximate surface area is 110 Å². The van der Waals surface area contributed by atoms with Crippen molar-refractivity contribution in [2.75, 3.05) is 6.54 Å². The van der Waals surface area contributed by atoms with Crippen molar-refractivity contribution in [1.29, 1.82) is 0 Å². The largest absolute Gasteiger partial charge is 0.340 e. The fraction of sp³-hybridized carbons (Fsp3) is 0.857. The maximum Gasteiger partial charge on any atom is 0.248 e. The van der Waals surface area contributed by atoms with E-state index in [-0.39, 0.29) is 23.8 Å². The molecule has 3 atom stereocenters. The highest BCUT2D eigenvalue weighted by atomic mass is 16.2. The Kier molecular flexibility index (Phi) is 4.77. The summed E-state index contributed by atoms with van der Waals surface area (Å²) in [5, 5.41) is 2.92. The van der Waals surface area contributed by atoms with Crippen LogP contribution in [0.25, 0.3) is 0 Å². The molecule has 1 saturated heterocycles. The van der Waals surface area contributed by atoms with Crippen LogP contribution in [0.5, 0.6) is 0 Å². The molecule has 1 aliphatic heterocycles. The van der Waals surface area contributed by atoms with Crippen LogP contribution in [0.15, 0.2) is 0 Å². The van der Waals surface area contributed by atoms with E-state index in [0.717, 1.165) is 12.8 Å². The maximum absolute atomic E-state index is 12.6. The van der Waals surface area contributed by atoms with E-state index in [4.69, 9.17) is 0 Å². The number of amides is 2. The van der Waals surface area contributed by atoms with Gasteiger partial charge in [0.25, 0.3) is 0 Å². The van der Waals surface area contributed by atoms with Crippen LogP contribution >= 0.6 is 0 Å². The van der Waals surface area contributed by atoms with Gasteiger partial charge in [-0.15, -0.1) is 0 Å². The highest BCUT2D eigenvalue weighted by Crippen LogP contribution is 2.26. The molecule has 0 bridgehead atoms. The Bertz CT molecular complexity index is 330. The summed E-state index contributed by atoms with van der Waals surface area (Å²) in [5.41, 5.74) is -0.726. The fourth-order valence-electron chi connectivity index (χ4n) is 2.49. The molecule has 18 heavy (non-hydrogen) atoms. The molecular weight excluding hydrogens is 228 g/mol. The SMILES string of the molecule is CCCN1C(=O)C(C)(CC)NC(=O)C1C(C)CC. The van der Waals surface area contributed by atoms with Crippen molar-refractivity contribution in [1.82, 2.24) is 10.2 Å². The van der Waals surface area contributed by atoms with Crippen molar-refractivity contribution in [3.05, 3.63) is 0 Å². The first kappa shape index (κ1) is 15.0. The predicted molar refractivity (Wildman–Crippen MR) is 72.1 cm³/mol. The third-order valence-electron chi connectivity index (χ3n) is 4.09. The molecule has 1 N–H and O–H groups in total. The second-order valence-electron chi connectivity index (χ2n) is 5.50. The lowest BCUT2D eigenvalue weighted by atomic mass is 9.87. The van der Waals surface area contributed by atoms with Gasteiger partial charge in [0, 0.05) is 6.54 Å². The Balaban J connectivity index is 3.06. The van der Waals surface area contributed by atoms with Gasteiger partial charge in [0.1, 0.15) is 11.6 Å². The second kappa shape index (κ2) is 5.72.